The average Bonchev–Trinajstić information content (AvgIpc) is 2.04. The van der Waals surface area contributed by atoms with E-state index in [4.69, 9.17) is 0 Å². The fraction of sp³-hybridized carbons (Fsp3) is 0.286. The zero-order chi connectivity index (χ0) is 8.27. The van der Waals surface area contributed by atoms with Crippen molar-refractivity contribution in [3.8, 4) is 0 Å². The molecule has 0 bridgehead atoms. The summed E-state index contributed by atoms with van der Waals surface area (Å²) in [4.78, 5) is 10.3. The van der Waals surface area contributed by atoms with Gasteiger partial charge in [-0.25, -0.2) is 4.79 Å². The van der Waals surface area contributed by atoms with E-state index in [1.165, 1.54) is 6.08 Å². The third-order valence-corrected chi connectivity index (χ3v) is 2.26. The van der Waals surface area contributed by atoms with Crippen LogP contribution in [0.5, 0.6) is 0 Å². The van der Waals surface area contributed by atoms with Gasteiger partial charge in [-0.1, -0.05) is 6.08 Å². The topological polar surface area (TPSA) is 51.2 Å². The number of hydrogen-bond acceptors (Lipinski definition) is 3. The first-order chi connectivity index (χ1) is 5.25. The predicted octanol–water partition coefficient (Wildman–Crippen LogP) is 0.146. The van der Waals surface area contributed by atoms with Crippen molar-refractivity contribution in [3.63, 3.8) is 0 Å². The summed E-state index contributed by atoms with van der Waals surface area (Å²) in [6.07, 6.45) is 4.34. The molecule has 0 aliphatic heterocycles. The molecule has 0 spiro atoms. The summed E-state index contributed by atoms with van der Waals surface area (Å²) in [5.41, 5.74) is 0.157. The molecule has 0 saturated heterocycles. The summed E-state index contributed by atoms with van der Waals surface area (Å²) in [5.74, 6) is 1.59. The van der Waals surface area contributed by atoms with E-state index >= 15 is 0 Å². The first-order valence-corrected chi connectivity index (χ1v) is 4.20. The lowest BCUT2D eigenvalue weighted by molar-refractivity contribution is 0.568. The Balaban J connectivity index is 3.31. The van der Waals surface area contributed by atoms with Crippen LogP contribution in [0, 0.1) is 0 Å². The third-order valence-electron chi connectivity index (χ3n) is 1.43. The summed E-state index contributed by atoms with van der Waals surface area (Å²) in [5, 5.41) is 0. The van der Waals surface area contributed by atoms with Crippen LogP contribution >= 0.6 is 0 Å². The smallest absolute Gasteiger partial charge is 0.218 e. The average molecular weight is 170 g/mol. The molecule has 0 fully saturated rings. The van der Waals surface area contributed by atoms with Crippen molar-refractivity contribution in [2.24, 2.45) is 0 Å². The van der Waals surface area contributed by atoms with Crippen molar-refractivity contribution in [1.29, 1.82) is 0 Å². The van der Waals surface area contributed by atoms with Gasteiger partial charge >= 0.3 is 0 Å². The normalized spacial score (nSPS) is 16.4. The van der Waals surface area contributed by atoms with E-state index in [1.54, 1.807) is 12.0 Å². The third kappa shape index (κ3) is 1.67. The molecule has 0 amide bonds. The Morgan fingerprint density at radius 1 is 1.45 bits per heavy atom. The highest BCUT2D eigenvalue weighted by molar-refractivity contribution is 7.73. The van der Waals surface area contributed by atoms with Gasteiger partial charge < -0.3 is 0 Å². The molecule has 0 aromatic rings. The number of carbonyl (C=O) groups excluding carboxylic acids is 1. The van der Waals surface area contributed by atoms with Crippen LogP contribution in [0.25, 0.3) is 0 Å². The zero-order valence-corrected chi connectivity index (χ0v) is 6.52. The minimum absolute atomic E-state index is 0.157. The van der Waals surface area contributed by atoms with E-state index < -0.39 is 10.3 Å². The molecule has 58 valence electrons. The Kier molecular flexibility index (Phi) is 2.41. The summed E-state index contributed by atoms with van der Waals surface area (Å²) >= 11 is 0. The fourth-order valence-electron chi connectivity index (χ4n) is 0.907. The van der Waals surface area contributed by atoms with Gasteiger partial charge in [0.25, 0.3) is 0 Å². The van der Waals surface area contributed by atoms with Crippen LogP contribution in [0.15, 0.2) is 17.7 Å². The molecule has 0 aromatic carbocycles. The van der Waals surface area contributed by atoms with E-state index in [0.29, 0.717) is 12.8 Å². The van der Waals surface area contributed by atoms with Crippen molar-refractivity contribution in [3.05, 3.63) is 17.7 Å². The van der Waals surface area contributed by atoms with Gasteiger partial charge in [0, 0.05) is 0 Å². The summed E-state index contributed by atoms with van der Waals surface area (Å²) in [6, 6.07) is 0. The van der Waals surface area contributed by atoms with Crippen LogP contribution in [0.4, 0.5) is 0 Å². The molecular weight excluding hydrogens is 164 g/mol. The SMILES string of the molecule is O=C=C1C=CCCC1=S(=O)=O. The van der Waals surface area contributed by atoms with Crippen molar-refractivity contribution in [1.82, 2.24) is 0 Å². The van der Waals surface area contributed by atoms with E-state index in [-0.39, 0.29) is 10.4 Å². The maximum atomic E-state index is 10.5. The van der Waals surface area contributed by atoms with Gasteiger partial charge in [-0.05, 0) is 18.9 Å². The van der Waals surface area contributed by atoms with Crippen LogP contribution in [0.1, 0.15) is 12.8 Å². The van der Waals surface area contributed by atoms with Gasteiger partial charge in [0.05, 0.1) is 10.4 Å². The highest BCUT2D eigenvalue weighted by atomic mass is 32.2. The van der Waals surface area contributed by atoms with E-state index in [1.807, 2.05) is 0 Å². The molecule has 0 N–H and O–H groups in total. The van der Waals surface area contributed by atoms with Gasteiger partial charge in [-0.15, -0.1) is 0 Å². The molecule has 0 saturated carbocycles. The van der Waals surface area contributed by atoms with Crippen molar-refractivity contribution in [2.45, 2.75) is 12.8 Å². The van der Waals surface area contributed by atoms with Gasteiger partial charge in [0.15, 0.2) is 0 Å². The lowest BCUT2D eigenvalue weighted by atomic mass is 10.0. The summed E-state index contributed by atoms with van der Waals surface area (Å²) in [7, 11) is -2.27. The molecule has 1 aliphatic rings. The second-order valence-electron chi connectivity index (χ2n) is 2.11. The van der Waals surface area contributed by atoms with Crippen LogP contribution in [-0.4, -0.2) is 19.2 Å². The highest BCUT2D eigenvalue weighted by Gasteiger charge is 2.10. The summed E-state index contributed by atoms with van der Waals surface area (Å²) in [6.45, 7) is 0. The van der Waals surface area contributed by atoms with E-state index in [0.717, 1.165) is 0 Å². The molecule has 11 heavy (non-hydrogen) atoms. The Morgan fingerprint density at radius 3 is 2.64 bits per heavy atom. The molecule has 0 aromatic heterocycles. The van der Waals surface area contributed by atoms with E-state index in [2.05, 4.69) is 0 Å². The minimum Gasteiger partial charge on any atom is -0.233 e. The quantitative estimate of drug-likeness (QED) is 0.295. The Hall–Kier alpha value is -1.12. The highest BCUT2D eigenvalue weighted by Crippen LogP contribution is 2.09. The van der Waals surface area contributed by atoms with Crippen molar-refractivity contribution in [2.75, 3.05) is 0 Å². The Labute approximate surface area is 65.6 Å². The van der Waals surface area contributed by atoms with Gasteiger partial charge in [-0.2, -0.15) is 8.42 Å². The van der Waals surface area contributed by atoms with Gasteiger partial charge in [-0.3, -0.25) is 0 Å². The second kappa shape index (κ2) is 3.32. The molecule has 4 heteroatoms. The van der Waals surface area contributed by atoms with Crippen molar-refractivity contribution < 1.29 is 13.2 Å². The Morgan fingerprint density at radius 2 is 2.18 bits per heavy atom. The largest absolute Gasteiger partial charge is 0.233 e. The lowest BCUT2D eigenvalue weighted by Crippen LogP contribution is -2.06. The molecule has 0 atom stereocenters. The predicted molar refractivity (Wildman–Crippen MR) is 41.5 cm³/mol. The molecule has 1 rings (SSSR count). The van der Waals surface area contributed by atoms with Gasteiger partial charge in [0.2, 0.25) is 10.3 Å². The first kappa shape index (κ1) is 7.98. The minimum atomic E-state index is -2.27. The maximum absolute atomic E-state index is 10.5. The maximum Gasteiger partial charge on any atom is 0.218 e. The monoisotopic (exact) mass is 170 g/mol. The van der Waals surface area contributed by atoms with Crippen LogP contribution < -0.4 is 0 Å². The standard InChI is InChI=1S/C7H6O3S/c8-5-6-3-1-2-4-7(6)11(9)10/h1,3H,2,4H2. The Bertz CT molecular complexity index is 358. The fourth-order valence-corrected chi connectivity index (χ4v) is 1.48. The molecule has 0 radical (unpaired) electrons. The second-order valence-corrected chi connectivity index (χ2v) is 3.08. The first-order valence-electron chi connectivity index (χ1n) is 3.13. The lowest BCUT2D eigenvalue weighted by Gasteiger charge is -2.02. The van der Waals surface area contributed by atoms with Gasteiger partial charge in [0.1, 0.15) is 5.94 Å². The molecular formula is C7H6O3S. The number of hydrogen-bond donors (Lipinski definition) is 0. The number of allylic oxidation sites excluding steroid dienone is 3. The molecule has 0 heterocycles. The van der Waals surface area contributed by atoms with Crippen LogP contribution in [0.3, 0.4) is 0 Å². The molecule has 3 nitrogen and oxygen atoms in total. The van der Waals surface area contributed by atoms with Crippen molar-refractivity contribution >= 4 is 21.1 Å². The molecule has 1 aliphatic carbocycles. The number of rotatable bonds is 0. The van der Waals surface area contributed by atoms with E-state index in [9.17, 15) is 13.2 Å². The van der Waals surface area contributed by atoms with Crippen LogP contribution in [0.2, 0.25) is 0 Å². The molecule has 0 unspecified atom stereocenters. The van der Waals surface area contributed by atoms with Crippen LogP contribution in [-0.2, 0) is 15.1 Å². The zero-order valence-electron chi connectivity index (χ0n) is 5.70. The summed E-state index contributed by atoms with van der Waals surface area (Å²) < 4.78 is 20.9.